The highest BCUT2D eigenvalue weighted by Crippen LogP contribution is 2.12. The summed E-state index contributed by atoms with van der Waals surface area (Å²) in [5.41, 5.74) is -0.0609. The van der Waals surface area contributed by atoms with E-state index in [0.29, 0.717) is 0 Å². The van der Waals surface area contributed by atoms with Gasteiger partial charge in [-0.1, -0.05) is 0 Å². The highest BCUT2D eigenvalue weighted by Gasteiger charge is 2.18. The van der Waals surface area contributed by atoms with Gasteiger partial charge in [0.25, 0.3) is 0 Å². The molecule has 86 valence electrons. The van der Waals surface area contributed by atoms with Gasteiger partial charge in [-0.15, -0.1) is 0 Å². The van der Waals surface area contributed by atoms with Crippen molar-refractivity contribution in [2.75, 3.05) is 5.75 Å². The van der Waals surface area contributed by atoms with E-state index in [0.717, 1.165) is 24.3 Å². The van der Waals surface area contributed by atoms with Gasteiger partial charge in [-0.05, 0) is 24.3 Å². The third-order valence-corrected chi connectivity index (χ3v) is 3.39. The SMILES string of the molecule is O=C(O)CS(=O)(=O)c1ccc(C(=O)O)cc1. The van der Waals surface area contributed by atoms with E-state index in [-0.39, 0.29) is 10.5 Å². The Morgan fingerprint density at radius 2 is 1.56 bits per heavy atom. The summed E-state index contributed by atoms with van der Waals surface area (Å²) >= 11 is 0. The summed E-state index contributed by atoms with van der Waals surface area (Å²) in [7, 11) is -3.89. The number of sulfone groups is 1. The van der Waals surface area contributed by atoms with Gasteiger partial charge < -0.3 is 10.2 Å². The smallest absolute Gasteiger partial charge is 0.335 e. The van der Waals surface area contributed by atoms with E-state index in [2.05, 4.69) is 0 Å². The standard InChI is InChI=1S/C9H8O6S/c10-8(11)5-16(14,15)7-3-1-6(2-4-7)9(12)13/h1-4H,5H2,(H,10,11)(H,12,13). The van der Waals surface area contributed by atoms with Crippen LogP contribution in [0.15, 0.2) is 29.2 Å². The summed E-state index contributed by atoms with van der Waals surface area (Å²) in [6.45, 7) is 0. The van der Waals surface area contributed by atoms with Gasteiger partial charge in [-0.2, -0.15) is 0 Å². The summed E-state index contributed by atoms with van der Waals surface area (Å²) in [5, 5.41) is 17.0. The first-order chi connectivity index (χ1) is 7.33. The molecule has 0 aliphatic carbocycles. The molecular formula is C9H8O6S. The number of hydrogen-bond acceptors (Lipinski definition) is 4. The fourth-order valence-corrected chi connectivity index (χ4v) is 2.09. The second-order valence-corrected chi connectivity index (χ2v) is 4.97. The molecule has 0 amide bonds. The lowest BCUT2D eigenvalue weighted by molar-refractivity contribution is -0.134. The third kappa shape index (κ3) is 2.80. The summed E-state index contributed by atoms with van der Waals surface area (Å²) in [5.74, 6) is -3.65. The predicted molar refractivity (Wildman–Crippen MR) is 53.1 cm³/mol. The number of aromatic carboxylic acids is 1. The summed E-state index contributed by atoms with van der Waals surface area (Å²) < 4.78 is 22.8. The first kappa shape index (κ1) is 12.2. The monoisotopic (exact) mass is 244 g/mol. The number of carboxylic acids is 2. The van der Waals surface area contributed by atoms with E-state index in [1.165, 1.54) is 0 Å². The van der Waals surface area contributed by atoms with Gasteiger partial charge in [0.15, 0.2) is 15.6 Å². The minimum Gasteiger partial charge on any atom is -0.480 e. The Balaban J connectivity index is 3.07. The third-order valence-electron chi connectivity index (χ3n) is 1.77. The Hall–Kier alpha value is -1.89. The van der Waals surface area contributed by atoms with Gasteiger partial charge in [-0.3, -0.25) is 4.79 Å². The van der Waals surface area contributed by atoms with Crippen LogP contribution in [0.4, 0.5) is 0 Å². The zero-order valence-electron chi connectivity index (χ0n) is 7.95. The molecule has 0 saturated carbocycles. The minimum absolute atomic E-state index is 0.0609. The van der Waals surface area contributed by atoms with E-state index >= 15 is 0 Å². The van der Waals surface area contributed by atoms with Crippen molar-refractivity contribution in [3.05, 3.63) is 29.8 Å². The molecule has 0 bridgehead atoms. The molecule has 0 radical (unpaired) electrons. The molecule has 1 aromatic rings. The van der Waals surface area contributed by atoms with E-state index in [1.807, 2.05) is 0 Å². The maximum Gasteiger partial charge on any atom is 0.335 e. The van der Waals surface area contributed by atoms with Crippen molar-refractivity contribution in [3.8, 4) is 0 Å². The largest absolute Gasteiger partial charge is 0.480 e. The number of carboxylic acid groups (broad SMARTS) is 2. The number of benzene rings is 1. The van der Waals surface area contributed by atoms with Crippen molar-refractivity contribution in [2.24, 2.45) is 0 Å². The Morgan fingerprint density at radius 3 is 1.94 bits per heavy atom. The number of carbonyl (C=O) groups is 2. The molecule has 0 unspecified atom stereocenters. The van der Waals surface area contributed by atoms with E-state index in [9.17, 15) is 18.0 Å². The average molecular weight is 244 g/mol. The first-order valence-electron chi connectivity index (χ1n) is 4.11. The molecule has 0 heterocycles. The molecular weight excluding hydrogens is 236 g/mol. The van der Waals surface area contributed by atoms with Crippen LogP contribution in [0, 0.1) is 0 Å². The lowest BCUT2D eigenvalue weighted by atomic mass is 10.2. The van der Waals surface area contributed by atoms with Crippen LogP contribution < -0.4 is 0 Å². The fourth-order valence-electron chi connectivity index (χ4n) is 1.05. The molecule has 0 aliphatic heterocycles. The Bertz CT molecular complexity index is 513. The molecule has 16 heavy (non-hydrogen) atoms. The fraction of sp³-hybridized carbons (Fsp3) is 0.111. The van der Waals surface area contributed by atoms with Crippen LogP contribution in [0.25, 0.3) is 0 Å². The summed E-state index contributed by atoms with van der Waals surface area (Å²) in [4.78, 5) is 20.6. The van der Waals surface area contributed by atoms with E-state index < -0.39 is 27.5 Å². The maximum atomic E-state index is 11.4. The Labute approximate surface area is 91.1 Å². The van der Waals surface area contributed by atoms with Crippen molar-refractivity contribution in [2.45, 2.75) is 4.90 Å². The van der Waals surface area contributed by atoms with Crippen molar-refractivity contribution >= 4 is 21.8 Å². The molecule has 0 aliphatic rings. The molecule has 6 nitrogen and oxygen atoms in total. The van der Waals surface area contributed by atoms with Gasteiger partial charge in [0, 0.05) is 0 Å². The van der Waals surface area contributed by atoms with Gasteiger partial charge >= 0.3 is 11.9 Å². The summed E-state index contributed by atoms with van der Waals surface area (Å²) in [6, 6.07) is 4.36. The second-order valence-electron chi connectivity index (χ2n) is 2.98. The van der Waals surface area contributed by atoms with Crippen LogP contribution in [0.2, 0.25) is 0 Å². The van der Waals surface area contributed by atoms with Gasteiger partial charge in [0.1, 0.15) is 0 Å². The summed E-state index contributed by atoms with van der Waals surface area (Å²) in [6.07, 6.45) is 0. The van der Waals surface area contributed by atoms with Crippen LogP contribution in [0.5, 0.6) is 0 Å². The van der Waals surface area contributed by atoms with E-state index in [4.69, 9.17) is 10.2 Å². The zero-order chi connectivity index (χ0) is 12.3. The number of rotatable bonds is 4. The second kappa shape index (κ2) is 4.31. The molecule has 1 rings (SSSR count). The van der Waals surface area contributed by atoms with Gasteiger partial charge in [-0.25, -0.2) is 13.2 Å². The Morgan fingerprint density at radius 1 is 1.06 bits per heavy atom. The maximum absolute atomic E-state index is 11.4. The molecule has 0 spiro atoms. The van der Waals surface area contributed by atoms with E-state index in [1.54, 1.807) is 0 Å². The molecule has 0 atom stereocenters. The minimum atomic E-state index is -3.89. The highest BCUT2D eigenvalue weighted by atomic mass is 32.2. The van der Waals surface area contributed by atoms with Crippen molar-refractivity contribution in [3.63, 3.8) is 0 Å². The molecule has 0 fully saturated rings. The van der Waals surface area contributed by atoms with Crippen LogP contribution in [0.3, 0.4) is 0 Å². The lowest BCUT2D eigenvalue weighted by Crippen LogP contribution is -2.15. The van der Waals surface area contributed by atoms with Crippen molar-refractivity contribution in [1.82, 2.24) is 0 Å². The van der Waals surface area contributed by atoms with Crippen LogP contribution in [-0.4, -0.2) is 36.3 Å². The van der Waals surface area contributed by atoms with Crippen molar-refractivity contribution < 1.29 is 28.2 Å². The van der Waals surface area contributed by atoms with Crippen LogP contribution in [-0.2, 0) is 14.6 Å². The molecule has 2 N–H and O–H groups in total. The Kier molecular flexibility index (Phi) is 3.28. The zero-order valence-corrected chi connectivity index (χ0v) is 8.77. The van der Waals surface area contributed by atoms with Gasteiger partial charge in [0.2, 0.25) is 0 Å². The normalized spacial score (nSPS) is 11.0. The molecule has 1 aromatic carbocycles. The molecule has 0 aromatic heterocycles. The molecule has 0 saturated heterocycles. The van der Waals surface area contributed by atoms with Crippen LogP contribution >= 0.6 is 0 Å². The topological polar surface area (TPSA) is 109 Å². The van der Waals surface area contributed by atoms with Crippen molar-refractivity contribution in [1.29, 1.82) is 0 Å². The average Bonchev–Trinajstić information content (AvgIpc) is 2.16. The van der Waals surface area contributed by atoms with Crippen LogP contribution in [0.1, 0.15) is 10.4 Å². The first-order valence-corrected chi connectivity index (χ1v) is 5.76. The highest BCUT2D eigenvalue weighted by molar-refractivity contribution is 7.92. The predicted octanol–water partition coefficient (Wildman–Crippen LogP) is 0.243. The molecule has 7 heteroatoms. The van der Waals surface area contributed by atoms with Gasteiger partial charge in [0.05, 0.1) is 10.5 Å². The quantitative estimate of drug-likeness (QED) is 0.785. The number of hydrogen-bond donors (Lipinski definition) is 2. The number of aliphatic carboxylic acids is 1. The lowest BCUT2D eigenvalue weighted by Gasteiger charge is -2.01.